The SMILES string of the molecule is COC(=O)C1(CC(F)(F)F)CCC(NC(c2ccccc2)c2ccccc2)C1. The van der Waals surface area contributed by atoms with Crippen LogP contribution in [0.5, 0.6) is 0 Å². The van der Waals surface area contributed by atoms with Crippen molar-refractivity contribution in [1.82, 2.24) is 5.32 Å². The molecule has 0 aromatic heterocycles. The van der Waals surface area contributed by atoms with Gasteiger partial charge in [0.05, 0.1) is 25.0 Å². The smallest absolute Gasteiger partial charge is 0.390 e. The Bertz CT molecular complexity index is 740. The van der Waals surface area contributed by atoms with Gasteiger partial charge in [-0.05, 0) is 30.4 Å². The summed E-state index contributed by atoms with van der Waals surface area (Å²) in [7, 11) is 1.15. The summed E-state index contributed by atoms with van der Waals surface area (Å²) in [5, 5.41) is 3.49. The zero-order chi connectivity index (χ0) is 20.2. The van der Waals surface area contributed by atoms with Gasteiger partial charge in [0, 0.05) is 6.04 Å². The van der Waals surface area contributed by atoms with Crippen molar-refractivity contribution in [3.05, 3.63) is 71.8 Å². The quantitative estimate of drug-likeness (QED) is 0.702. The van der Waals surface area contributed by atoms with Gasteiger partial charge < -0.3 is 10.1 Å². The molecule has 0 bridgehead atoms. The molecule has 0 spiro atoms. The summed E-state index contributed by atoms with van der Waals surface area (Å²) in [6, 6.07) is 19.2. The number of carbonyl (C=O) groups is 1. The highest BCUT2D eigenvalue weighted by atomic mass is 19.4. The van der Waals surface area contributed by atoms with E-state index in [4.69, 9.17) is 4.74 Å². The first-order valence-electron chi connectivity index (χ1n) is 9.34. The average Bonchev–Trinajstić information content (AvgIpc) is 3.09. The van der Waals surface area contributed by atoms with E-state index in [0.717, 1.165) is 18.2 Å². The van der Waals surface area contributed by atoms with Crippen molar-refractivity contribution < 1.29 is 22.7 Å². The lowest BCUT2D eigenvalue weighted by molar-refractivity contribution is -0.180. The van der Waals surface area contributed by atoms with Gasteiger partial charge in [-0.3, -0.25) is 4.79 Å². The monoisotopic (exact) mass is 391 g/mol. The van der Waals surface area contributed by atoms with E-state index >= 15 is 0 Å². The molecule has 6 heteroatoms. The molecule has 1 saturated carbocycles. The molecule has 1 aliphatic carbocycles. The van der Waals surface area contributed by atoms with Crippen LogP contribution in [-0.4, -0.2) is 25.3 Å². The van der Waals surface area contributed by atoms with Gasteiger partial charge in [0.15, 0.2) is 0 Å². The van der Waals surface area contributed by atoms with Crippen molar-refractivity contribution in [2.75, 3.05) is 7.11 Å². The summed E-state index contributed by atoms with van der Waals surface area (Å²) in [5.74, 6) is -0.773. The Labute approximate surface area is 162 Å². The lowest BCUT2D eigenvalue weighted by atomic mass is 9.82. The highest BCUT2D eigenvalue weighted by Gasteiger charge is 2.52. The molecule has 0 saturated heterocycles. The lowest BCUT2D eigenvalue weighted by Crippen LogP contribution is -2.38. The standard InChI is InChI=1S/C22H24F3NO2/c1-28-20(27)21(15-22(23,24)25)13-12-18(14-21)26-19(16-8-4-2-5-9-16)17-10-6-3-7-11-17/h2-11,18-19,26H,12-15H2,1H3. The van der Waals surface area contributed by atoms with Crippen molar-refractivity contribution in [3.63, 3.8) is 0 Å². The first kappa shape index (κ1) is 20.4. The Morgan fingerprint density at radius 3 is 2.11 bits per heavy atom. The molecule has 2 aromatic carbocycles. The maximum Gasteiger partial charge on any atom is 0.390 e. The maximum atomic E-state index is 13.1. The molecule has 0 aliphatic heterocycles. The second-order valence-corrected chi connectivity index (χ2v) is 7.42. The highest BCUT2D eigenvalue weighted by molar-refractivity contribution is 5.77. The van der Waals surface area contributed by atoms with Gasteiger partial charge in [-0.1, -0.05) is 60.7 Å². The number of esters is 1. The molecule has 0 heterocycles. The Balaban J connectivity index is 1.83. The van der Waals surface area contributed by atoms with Gasteiger partial charge in [-0.25, -0.2) is 0 Å². The van der Waals surface area contributed by atoms with Gasteiger partial charge in [-0.15, -0.1) is 0 Å². The van der Waals surface area contributed by atoms with E-state index in [9.17, 15) is 18.0 Å². The first-order chi connectivity index (χ1) is 13.3. The number of carbonyl (C=O) groups excluding carboxylic acids is 1. The van der Waals surface area contributed by atoms with E-state index in [1.165, 1.54) is 0 Å². The van der Waals surface area contributed by atoms with Gasteiger partial charge >= 0.3 is 12.1 Å². The van der Waals surface area contributed by atoms with E-state index in [2.05, 4.69) is 5.32 Å². The molecule has 3 rings (SSSR count). The van der Waals surface area contributed by atoms with Crippen molar-refractivity contribution >= 4 is 5.97 Å². The molecule has 2 atom stereocenters. The minimum atomic E-state index is -4.42. The molecule has 0 radical (unpaired) electrons. The van der Waals surface area contributed by atoms with Crippen molar-refractivity contribution in [2.24, 2.45) is 5.41 Å². The zero-order valence-electron chi connectivity index (χ0n) is 15.7. The lowest BCUT2D eigenvalue weighted by Gasteiger charge is -2.29. The summed E-state index contributed by atoms with van der Waals surface area (Å²) in [5.41, 5.74) is 0.544. The number of alkyl halides is 3. The third-order valence-corrected chi connectivity index (χ3v) is 5.43. The Morgan fingerprint density at radius 1 is 1.11 bits per heavy atom. The minimum absolute atomic E-state index is 0.106. The predicted octanol–water partition coefficient (Wildman–Crippen LogP) is 5.03. The summed E-state index contributed by atoms with van der Waals surface area (Å²) < 4.78 is 44.2. The third kappa shape index (κ3) is 4.73. The molecule has 1 aliphatic rings. The summed E-state index contributed by atoms with van der Waals surface area (Å²) in [6.07, 6.45) is -4.81. The summed E-state index contributed by atoms with van der Waals surface area (Å²) >= 11 is 0. The fraction of sp³-hybridized carbons (Fsp3) is 0.409. The molecule has 1 N–H and O–H groups in total. The van der Waals surface area contributed by atoms with E-state index < -0.39 is 24.0 Å². The van der Waals surface area contributed by atoms with Crippen LogP contribution in [0.3, 0.4) is 0 Å². The number of nitrogens with one attached hydrogen (secondary N) is 1. The molecule has 2 unspecified atom stereocenters. The maximum absolute atomic E-state index is 13.1. The van der Waals surface area contributed by atoms with Crippen LogP contribution in [0.25, 0.3) is 0 Å². The topological polar surface area (TPSA) is 38.3 Å². The first-order valence-corrected chi connectivity index (χ1v) is 9.34. The number of benzene rings is 2. The van der Waals surface area contributed by atoms with Gasteiger partial charge in [0.25, 0.3) is 0 Å². The third-order valence-electron chi connectivity index (χ3n) is 5.43. The number of ether oxygens (including phenoxy) is 1. The van der Waals surface area contributed by atoms with Crippen LogP contribution >= 0.6 is 0 Å². The second-order valence-electron chi connectivity index (χ2n) is 7.42. The van der Waals surface area contributed by atoms with Gasteiger partial charge in [0.2, 0.25) is 0 Å². The van der Waals surface area contributed by atoms with E-state index in [1.807, 2.05) is 60.7 Å². The number of methoxy groups -OCH3 is 1. The molecule has 3 nitrogen and oxygen atoms in total. The van der Waals surface area contributed by atoms with E-state index in [-0.39, 0.29) is 24.9 Å². The van der Waals surface area contributed by atoms with E-state index in [0.29, 0.717) is 6.42 Å². The van der Waals surface area contributed by atoms with Crippen LogP contribution in [0.4, 0.5) is 13.2 Å². The van der Waals surface area contributed by atoms with Crippen LogP contribution in [0.15, 0.2) is 60.7 Å². The van der Waals surface area contributed by atoms with Crippen molar-refractivity contribution in [2.45, 2.75) is 43.9 Å². The minimum Gasteiger partial charge on any atom is -0.469 e. The molecule has 0 amide bonds. The highest BCUT2D eigenvalue weighted by Crippen LogP contribution is 2.47. The molecular formula is C22H24F3NO2. The fourth-order valence-corrected chi connectivity index (χ4v) is 4.20. The number of rotatable bonds is 6. The Hall–Kier alpha value is -2.34. The molecule has 150 valence electrons. The van der Waals surface area contributed by atoms with E-state index in [1.54, 1.807) is 0 Å². The second kappa shape index (κ2) is 8.35. The van der Waals surface area contributed by atoms with Crippen LogP contribution in [0.2, 0.25) is 0 Å². The largest absolute Gasteiger partial charge is 0.469 e. The molecule has 2 aromatic rings. The Kier molecular flexibility index (Phi) is 6.08. The Morgan fingerprint density at radius 2 is 1.64 bits per heavy atom. The van der Waals surface area contributed by atoms with Crippen LogP contribution in [-0.2, 0) is 9.53 Å². The van der Waals surface area contributed by atoms with Crippen LogP contribution in [0.1, 0.15) is 42.9 Å². The van der Waals surface area contributed by atoms with Gasteiger partial charge in [0.1, 0.15) is 0 Å². The van der Waals surface area contributed by atoms with Crippen molar-refractivity contribution in [3.8, 4) is 0 Å². The number of hydrogen-bond donors (Lipinski definition) is 1. The summed E-state index contributed by atoms with van der Waals surface area (Å²) in [4.78, 5) is 12.2. The normalized spacial score (nSPS) is 22.4. The molecule has 28 heavy (non-hydrogen) atoms. The number of halogens is 3. The molecular weight excluding hydrogens is 367 g/mol. The predicted molar refractivity (Wildman–Crippen MR) is 101 cm³/mol. The number of hydrogen-bond acceptors (Lipinski definition) is 3. The zero-order valence-corrected chi connectivity index (χ0v) is 15.7. The average molecular weight is 391 g/mol. The fourth-order valence-electron chi connectivity index (χ4n) is 4.20. The van der Waals surface area contributed by atoms with Crippen molar-refractivity contribution in [1.29, 1.82) is 0 Å². The van der Waals surface area contributed by atoms with Gasteiger partial charge in [-0.2, -0.15) is 13.2 Å². The van der Waals surface area contributed by atoms with Crippen LogP contribution in [0, 0.1) is 5.41 Å². The van der Waals surface area contributed by atoms with Crippen LogP contribution < -0.4 is 5.32 Å². The summed E-state index contributed by atoms with van der Waals surface area (Å²) in [6.45, 7) is 0. The molecule has 1 fully saturated rings.